The van der Waals surface area contributed by atoms with Crippen molar-refractivity contribution in [3.05, 3.63) is 69.4 Å². The minimum absolute atomic E-state index is 0.0962. The summed E-state index contributed by atoms with van der Waals surface area (Å²) in [4.78, 5) is 46.1. The van der Waals surface area contributed by atoms with Gasteiger partial charge in [0, 0.05) is 18.3 Å². The van der Waals surface area contributed by atoms with Crippen molar-refractivity contribution >= 4 is 17.6 Å². The number of rotatable bonds is 9. The van der Waals surface area contributed by atoms with E-state index in [4.69, 9.17) is 4.74 Å². The van der Waals surface area contributed by atoms with Crippen LogP contribution >= 0.6 is 0 Å². The highest BCUT2D eigenvalue weighted by Gasteiger charge is 2.27. The minimum atomic E-state index is -1.10. The number of nitrogens with one attached hydrogen (secondary N) is 1. The molecule has 3 aromatic rings. The van der Waals surface area contributed by atoms with Gasteiger partial charge >= 0.3 is 17.3 Å². The summed E-state index contributed by atoms with van der Waals surface area (Å²) >= 11 is 0. The first kappa shape index (κ1) is 27.0. The molecule has 0 bridgehead atoms. The van der Waals surface area contributed by atoms with E-state index < -0.39 is 35.1 Å². The molecule has 2 heterocycles. The van der Waals surface area contributed by atoms with E-state index >= 15 is 0 Å². The first-order chi connectivity index (χ1) is 18.1. The van der Waals surface area contributed by atoms with Crippen molar-refractivity contribution in [1.82, 2.24) is 19.1 Å². The Bertz CT molecular complexity index is 1380. The van der Waals surface area contributed by atoms with Crippen molar-refractivity contribution in [1.29, 1.82) is 0 Å². The summed E-state index contributed by atoms with van der Waals surface area (Å²) in [6, 6.07) is 8.50. The zero-order valence-electron chi connectivity index (χ0n) is 21.6. The van der Waals surface area contributed by atoms with Crippen LogP contribution in [0.4, 0.5) is 16.0 Å². The Hall–Kier alpha value is -4.02. The fourth-order valence-electron chi connectivity index (χ4n) is 4.59. The molecule has 202 valence electrons. The van der Waals surface area contributed by atoms with Crippen LogP contribution in [-0.4, -0.2) is 30.2 Å². The van der Waals surface area contributed by atoms with Crippen LogP contribution in [-0.2, 0) is 11.3 Å². The molecule has 2 atom stereocenters. The lowest BCUT2D eigenvalue weighted by atomic mass is 9.83. The summed E-state index contributed by atoms with van der Waals surface area (Å²) in [6.45, 7) is 5.58. The van der Waals surface area contributed by atoms with Gasteiger partial charge in [-0.2, -0.15) is 4.98 Å². The van der Waals surface area contributed by atoms with E-state index in [-0.39, 0.29) is 17.7 Å². The molecule has 11 heteroatoms. The Morgan fingerprint density at radius 1 is 1.13 bits per heavy atom. The lowest BCUT2D eigenvalue weighted by Crippen LogP contribution is -2.46. The quantitative estimate of drug-likeness (QED) is 0.415. The summed E-state index contributed by atoms with van der Waals surface area (Å²) in [5, 5.41) is 12.5. The van der Waals surface area contributed by atoms with E-state index in [9.17, 15) is 23.9 Å². The van der Waals surface area contributed by atoms with E-state index in [1.807, 2.05) is 0 Å². The largest absolute Gasteiger partial charge is 0.481 e. The van der Waals surface area contributed by atoms with Gasteiger partial charge in [0.15, 0.2) is 0 Å². The number of hydrogen-bond acceptors (Lipinski definition) is 7. The fourth-order valence-corrected chi connectivity index (χ4v) is 4.59. The number of carboxylic acids is 1. The monoisotopic (exact) mass is 525 g/mol. The van der Waals surface area contributed by atoms with E-state index in [1.54, 1.807) is 24.3 Å². The third-order valence-corrected chi connectivity index (χ3v) is 7.23. The van der Waals surface area contributed by atoms with Crippen LogP contribution in [0.1, 0.15) is 52.5 Å². The van der Waals surface area contributed by atoms with Crippen LogP contribution in [0.2, 0.25) is 0 Å². The Kier molecular flexibility index (Phi) is 8.23. The Morgan fingerprint density at radius 2 is 1.82 bits per heavy atom. The number of nitrogens with zero attached hydrogens (tertiary/aromatic N) is 4. The maximum absolute atomic E-state index is 13.6. The smallest absolute Gasteiger partial charge is 0.355 e. The summed E-state index contributed by atoms with van der Waals surface area (Å²) in [5.74, 6) is -0.852. The molecule has 0 radical (unpaired) electrons. The van der Waals surface area contributed by atoms with Crippen molar-refractivity contribution < 1.29 is 19.0 Å². The molecule has 2 N–H and O–H groups in total. The topological polar surface area (TPSA) is 128 Å². The van der Waals surface area contributed by atoms with Crippen LogP contribution < -0.4 is 21.4 Å². The number of benzene rings is 1. The Labute approximate surface area is 219 Å². The van der Waals surface area contributed by atoms with Crippen molar-refractivity contribution in [2.45, 2.75) is 59.0 Å². The van der Waals surface area contributed by atoms with Gasteiger partial charge in [0.1, 0.15) is 11.6 Å². The van der Waals surface area contributed by atoms with Crippen LogP contribution in [0, 0.1) is 23.6 Å². The Balaban J connectivity index is 1.63. The molecule has 1 aromatic carbocycles. The van der Waals surface area contributed by atoms with E-state index in [2.05, 4.69) is 22.2 Å². The third kappa shape index (κ3) is 6.27. The first-order valence-electron chi connectivity index (χ1n) is 12.7. The number of pyridine rings is 1. The molecular weight excluding hydrogens is 493 g/mol. The van der Waals surface area contributed by atoms with E-state index in [0.717, 1.165) is 36.4 Å². The van der Waals surface area contributed by atoms with Crippen LogP contribution in [0.15, 0.2) is 52.2 Å². The molecule has 1 aliphatic carbocycles. The standard InChI is InChI=1S/C27H32FN5O5/c1-16-4-6-19(7-5-16)15-32-25(31-26(36)33(27(32)37)18(3)17(2)24(34)35)30-21-9-11-22(12-10-21)38-23-13-8-20(28)14-29-23/h8-14,16-19H,4-7,15H2,1-3H3,(H,34,35)(H,30,31,36)/t16?,17-,18+,19?/m1/s1. The molecule has 0 spiro atoms. The highest BCUT2D eigenvalue weighted by molar-refractivity contribution is 5.70. The normalized spacial score (nSPS) is 18.9. The molecule has 4 rings (SSSR count). The molecule has 0 aliphatic heterocycles. The van der Waals surface area contributed by atoms with Gasteiger partial charge in [0.2, 0.25) is 11.8 Å². The van der Waals surface area contributed by atoms with Crippen molar-refractivity contribution in [3.8, 4) is 11.6 Å². The highest BCUT2D eigenvalue weighted by atomic mass is 19.1. The number of carboxylic acid groups (broad SMARTS) is 1. The van der Waals surface area contributed by atoms with Crippen molar-refractivity contribution in [3.63, 3.8) is 0 Å². The van der Waals surface area contributed by atoms with Crippen LogP contribution in [0.3, 0.4) is 0 Å². The number of ether oxygens (including phenoxy) is 1. The van der Waals surface area contributed by atoms with Crippen LogP contribution in [0.5, 0.6) is 11.6 Å². The number of carbonyl (C=O) groups is 1. The lowest BCUT2D eigenvalue weighted by molar-refractivity contribution is -0.142. The zero-order chi connectivity index (χ0) is 27.4. The molecular formula is C27H32FN5O5. The fraction of sp³-hybridized carbons (Fsp3) is 0.444. The molecule has 38 heavy (non-hydrogen) atoms. The van der Waals surface area contributed by atoms with Gasteiger partial charge < -0.3 is 15.2 Å². The lowest BCUT2D eigenvalue weighted by Gasteiger charge is -2.28. The third-order valence-electron chi connectivity index (χ3n) is 7.23. The number of aliphatic carboxylic acids is 1. The molecule has 1 fully saturated rings. The summed E-state index contributed by atoms with van der Waals surface area (Å²) in [6.07, 6.45) is 5.09. The predicted molar refractivity (Wildman–Crippen MR) is 139 cm³/mol. The van der Waals surface area contributed by atoms with Gasteiger partial charge in [-0.25, -0.2) is 23.5 Å². The van der Waals surface area contributed by atoms with Gasteiger partial charge in [-0.05, 0) is 68.9 Å². The van der Waals surface area contributed by atoms with Crippen LogP contribution in [0.25, 0.3) is 0 Å². The molecule has 1 aliphatic rings. The summed E-state index contributed by atoms with van der Waals surface area (Å²) in [7, 11) is 0. The average Bonchev–Trinajstić information content (AvgIpc) is 2.89. The number of halogens is 1. The highest BCUT2D eigenvalue weighted by Crippen LogP contribution is 2.30. The molecule has 0 amide bonds. The first-order valence-corrected chi connectivity index (χ1v) is 12.7. The predicted octanol–water partition coefficient (Wildman–Crippen LogP) is 4.58. The van der Waals surface area contributed by atoms with Gasteiger partial charge in [-0.3, -0.25) is 9.36 Å². The Morgan fingerprint density at radius 3 is 2.42 bits per heavy atom. The molecule has 1 saturated carbocycles. The van der Waals surface area contributed by atoms with Gasteiger partial charge in [-0.1, -0.05) is 19.8 Å². The number of hydrogen-bond donors (Lipinski definition) is 2. The molecule has 0 saturated heterocycles. The zero-order valence-corrected chi connectivity index (χ0v) is 21.6. The van der Waals surface area contributed by atoms with E-state index in [1.165, 1.54) is 30.5 Å². The molecule has 10 nitrogen and oxygen atoms in total. The second-order valence-corrected chi connectivity index (χ2v) is 10.0. The molecule has 0 unspecified atom stereocenters. The van der Waals surface area contributed by atoms with Crippen molar-refractivity contribution in [2.75, 3.05) is 5.32 Å². The molecule has 2 aromatic heterocycles. The number of anilines is 2. The summed E-state index contributed by atoms with van der Waals surface area (Å²) in [5.41, 5.74) is -0.838. The minimum Gasteiger partial charge on any atom is -0.481 e. The average molecular weight is 526 g/mol. The second kappa shape index (κ2) is 11.6. The maximum Gasteiger partial charge on any atom is 0.355 e. The van der Waals surface area contributed by atoms with Gasteiger partial charge in [0.05, 0.1) is 18.2 Å². The summed E-state index contributed by atoms with van der Waals surface area (Å²) < 4.78 is 21.1. The van der Waals surface area contributed by atoms with Gasteiger partial charge in [-0.15, -0.1) is 0 Å². The maximum atomic E-state index is 13.6. The SMILES string of the molecule is CC1CCC(Cn2c(Nc3ccc(Oc4ccc(F)cn4)cc3)nc(=O)n([C@@H](C)[C@@H](C)C(=O)O)c2=O)CC1. The second-order valence-electron chi connectivity index (χ2n) is 10.0. The van der Waals surface area contributed by atoms with Crippen molar-refractivity contribution in [2.24, 2.45) is 17.8 Å². The van der Waals surface area contributed by atoms with E-state index in [0.29, 0.717) is 23.9 Å². The number of aromatic nitrogens is 4. The van der Waals surface area contributed by atoms with Gasteiger partial charge in [0.25, 0.3) is 0 Å².